The number of carbonyl (C=O) groups is 1. The number of aryl methyl sites for hydroxylation is 1. The SMILES string of the molecule is CCn1cc(C(N)CC(=O)O)nn1. The molecule has 0 spiro atoms. The minimum absolute atomic E-state index is 0.123. The van der Waals surface area contributed by atoms with Crippen molar-refractivity contribution in [2.45, 2.75) is 25.9 Å². The van der Waals surface area contributed by atoms with Crippen LogP contribution in [0.4, 0.5) is 0 Å². The van der Waals surface area contributed by atoms with Gasteiger partial charge < -0.3 is 10.8 Å². The van der Waals surface area contributed by atoms with Gasteiger partial charge in [0.1, 0.15) is 0 Å². The predicted molar refractivity (Wildman–Crippen MR) is 44.9 cm³/mol. The lowest BCUT2D eigenvalue weighted by molar-refractivity contribution is -0.137. The molecular weight excluding hydrogens is 172 g/mol. The van der Waals surface area contributed by atoms with Crippen LogP contribution >= 0.6 is 0 Å². The first-order valence-corrected chi connectivity index (χ1v) is 4.01. The van der Waals surface area contributed by atoms with E-state index in [1.807, 2.05) is 6.92 Å². The second-order valence-corrected chi connectivity index (χ2v) is 2.70. The summed E-state index contributed by atoms with van der Waals surface area (Å²) in [4.78, 5) is 10.3. The van der Waals surface area contributed by atoms with Gasteiger partial charge in [0.05, 0.1) is 24.4 Å². The molecule has 1 aromatic rings. The van der Waals surface area contributed by atoms with Crippen molar-refractivity contribution < 1.29 is 9.90 Å². The van der Waals surface area contributed by atoms with Crippen LogP contribution in [-0.4, -0.2) is 26.1 Å². The van der Waals surface area contributed by atoms with Gasteiger partial charge in [-0.2, -0.15) is 0 Å². The number of rotatable bonds is 4. The number of nitrogens with two attached hydrogens (primary N) is 1. The van der Waals surface area contributed by atoms with Crippen molar-refractivity contribution in [1.82, 2.24) is 15.0 Å². The van der Waals surface area contributed by atoms with E-state index in [0.29, 0.717) is 12.2 Å². The number of aromatic nitrogens is 3. The Hall–Kier alpha value is -1.43. The summed E-state index contributed by atoms with van der Waals surface area (Å²) in [6, 6.07) is -0.571. The lowest BCUT2D eigenvalue weighted by Gasteiger charge is -2.02. The number of hydrogen-bond donors (Lipinski definition) is 2. The van der Waals surface area contributed by atoms with Gasteiger partial charge in [-0.1, -0.05) is 5.21 Å². The fourth-order valence-electron chi connectivity index (χ4n) is 0.931. The third-order valence-corrected chi connectivity index (χ3v) is 1.65. The van der Waals surface area contributed by atoms with Gasteiger partial charge in [-0.05, 0) is 6.92 Å². The highest BCUT2D eigenvalue weighted by atomic mass is 16.4. The molecule has 1 heterocycles. The van der Waals surface area contributed by atoms with Crippen molar-refractivity contribution in [3.63, 3.8) is 0 Å². The van der Waals surface area contributed by atoms with Crippen LogP contribution in [0, 0.1) is 0 Å². The molecular formula is C7H12N4O2. The molecule has 6 nitrogen and oxygen atoms in total. The van der Waals surface area contributed by atoms with Gasteiger partial charge in [-0.25, -0.2) is 0 Å². The van der Waals surface area contributed by atoms with Gasteiger partial charge in [-0.3, -0.25) is 9.48 Å². The van der Waals surface area contributed by atoms with E-state index < -0.39 is 12.0 Å². The first kappa shape index (κ1) is 9.66. The second-order valence-electron chi connectivity index (χ2n) is 2.70. The van der Waals surface area contributed by atoms with E-state index in [4.69, 9.17) is 10.8 Å². The van der Waals surface area contributed by atoms with E-state index in [1.54, 1.807) is 10.9 Å². The molecule has 0 bridgehead atoms. The topological polar surface area (TPSA) is 94.0 Å². The Labute approximate surface area is 75.3 Å². The molecule has 72 valence electrons. The average molecular weight is 184 g/mol. The van der Waals surface area contributed by atoms with Crippen molar-refractivity contribution in [2.75, 3.05) is 0 Å². The first-order chi connectivity index (χ1) is 6.13. The maximum absolute atomic E-state index is 10.3. The van der Waals surface area contributed by atoms with E-state index in [1.165, 1.54) is 0 Å². The normalized spacial score (nSPS) is 12.8. The van der Waals surface area contributed by atoms with Crippen LogP contribution in [0.2, 0.25) is 0 Å². The van der Waals surface area contributed by atoms with E-state index in [9.17, 15) is 4.79 Å². The summed E-state index contributed by atoms with van der Waals surface area (Å²) in [5, 5.41) is 16.0. The largest absolute Gasteiger partial charge is 0.481 e. The standard InChI is InChI=1S/C7H12N4O2/c1-2-11-4-6(9-10-11)5(8)3-7(12)13/h4-5H,2-3,8H2,1H3,(H,12,13). The van der Waals surface area contributed by atoms with Crippen LogP contribution in [0.5, 0.6) is 0 Å². The quantitative estimate of drug-likeness (QED) is 0.674. The van der Waals surface area contributed by atoms with Gasteiger partial charge in [0.15, 0.2) is 0 Å². The summed E-state index contributed by atoms with van der Waals surface area (Å²) < 4.78 is 1.61. The lowest BCUT2D eigenvalue weighted by Crippen LogP contribution is -2.15. The number of hydrogen-bond acceptors (Lipinski definition) is 4. The zero-order chi connectivity index (χ0) is 9.84. The maximum atomic E-state index is 10.3. The highest BCUT2D eigenvalue weighted by Crippen LogP contribution is 2.09. The van der Waals surface area contributed by atoms with Crippen molar-refractivity contribution in [3.8, 4) is 0 Å². The summed E-state index contributed by atoms with van der Waals surface area (Å²) >= 11 is 0. The summed E-state index contributed by atoms with van der Waals surface area (Å²) in [5.74, 6) is -0.932. The number of nitrogens with zero attached hydrogens (tertiary/aromatic N) is 3. The summed E-state index contributed by atoms with van der Waals surface area (Å²) in [6.45, 7) is 2.62. The minimum Gasteiger partial charge on any atom is -0.481 e. The van der Waals surface area contributed by atoms with Crippen molar-refractivity contribution in [2.24, 2.45) is 5.73 Å². The molecule has 0 aliphatic heterocycles. The smallest absolute Gasteiger partial charge is 0.305 e. The average Bonchev–Trinajstić information content (AvgIpc) is 2.50. The molecule has 0 saturated heterocycles. The lowest BCUT2D eigenvalue weighted by atomic mass is 10.2. The second kappa shape index (κ2) is 3.99. The number of aliphatic carboxylic acids is 1. The van der Waals surface area contributed by atoms with Crippen LogP contribution < -0.4 is 5.73 Å². The molecule has 1 aromatic heterocycles. The molecule has 13 heavy (non-hydrogen) atoms. The molecule has 0 amide bonds. The van der Waals surface area contributed by atoms with Gasteiger partial charge in [0.25, 0.3) is 0 Å². The van der Waals surface area contributed by atoms with Crippen molar-refractivity contribution >= 4 is 5.97 Å². The molecule has 6 heteroatoms. The third kappa shape index (κ3) is 2.51. The molecule has 0 aromatic carbocycles. The first-order valence-electron chi connectivity index (χ1n) is 4.01. The highest BCUT2D eigenvalue weighted by molar-refractivity contribution is 5.67. The Bertz CT molecular complexity index is 296. The fourth-order valence-corrected chi connectivity index (χ4v) is 0.931. The van der Waals surface area contributed by atoms with Gasteiger partial charge >= 0.3 is 5.97 Å². The van der Waals surface area contributed by atoms with E-state index >= 15 is 0 Å². The molecule has 0 radical (unpaired) electrons. The number of carboxylic acid groups (broad SMARTS) is 1. The molecule has 0 aliphatic carbocycles. The molecule has 1 atom stereocenters. The molecule has 3 N–H and O–H groups in total. The zero-order valence-electron chi connectivity index (χ0n) is 7.34. The van der Waals surface area contributed by atoms with E-state index in [2.05, 4.69) is 10.3 Å². The van der Waals surface area contributed by atoms with Crippen molar-refractivity contribution in [1.29, 1.82) is 0 Å². The van der Waals surface area contributed by atoms with Crippen LogP contribution in [-0.2, 0) is 11.3 Å². The molecule has 0 fully saturated rings. The van der Waals surface area contributed by atoms with Crippen LogP contribution in [0.3, 0.4) is 0 Å². The van der Waals surface area contributed by atoms with Crippen LogP contribution in [0.25, 0.3) is 0 Å². The van der Waals surface area contributed by atoms with Gasteiger partial charge in [-0.15, -0.1) is 5.10 Å². The van der Waals surface area contributed by atoms with E-state index in [-0.39, 0.29) is 6.42 Å². The molecule has 1 rings (SSSR count). The molecule has 1 unspecified atom stereocenters. The predicted octanol–water partition coefficient (Wildman–Crippen LogP) is -0.228. The van der Waals surface area contributed by atoms with Crippen molar-refractivity contribution in [3.05, 3.63) is 11.9 Å². The summed E-state index contributed by atoms with van der Waals surface area (Å²) in [7, 11) is 0. The fraction of sp³-hybridized carbons (Fsp3) is 0.571. The maximum Gasteiger partial charge on any atom is 0.305 e. The zero-order valence-corrected chi connectivity index (χ0v) is 7.34. The Kier molecular flexibility index (Phi) is 2.97. The van der Waals surface area contributed by atoms with Crippen LogP contribution in [0.1, 0.15) is 25.1 Å². The Morgan fingerprint density at radius 2 is 2.54 bits per heavy atom. The van der Waals surface area contributed by atoms with E-state index in [0.717, 1.165) is 0 Å². The molecule has 0 saturated carbocycles. The monoisotopic (exact) mass is 184 g/mol. The third-order valence-electron chi connectivity index (χ3n) is 1.65. The van der Waals surface area contributed by atoms with Crippen LogP contribution in [0.15, 0.2) is 6.20 Å². The Morgan fingerprint density at radius 1 is 1.85 bits per heavy atom. The summed E-state index contributed by atoms with van der Waals surface area (Å²) in [6.07, 6.45) is 1.54. The Morgan fingerprint density at radius 3 is 3.00 bits per heavy atom. The summed E-state index contributed by atoms with van der Waals surface area (Å²) in [5.41, 5.74) is 6.09. The minimum atomic E-state index is -0.932. The number of carboxylic acids is 1. The van der Waals surface area contributed by atoms with Gasteiger partial charge in [0.2, 0.25) is 0 Å². The highest BCUT2D eigenvalue weighted by Gasteiger charge is 2.13. The Balaban J connectivity index is 2.65. The molecule has 0 aliphatic rings. The van der Waals surface area contributed by atoms with Gasteiger partial charge in [0, 0.05) is 6.54 Å².